The summed E-state index contributed by atoms with van der Waals surface area (Å²) in [5.74, 6) is -1.65. The molecule has 0 atom stereocenters. The lowest BCUT2D eigenvalue weighted by Gasteiger charge is -2.06. The molecule has 1 aromatic heterocycles. The molecular weight excluding hydrogens is 200 g/mol. The molecule has 1 heterocycles. The van der Waals surface area contributed by atoms with Crippen molar-refractivity contribution in [1.29, 1.82) is 0 Å². The number of aromatic hydroxyl groups is 3. The van der Waals surface area contributed by atoms with Gasteiger partial charge in [-0.05, 0) is 12.5 Å². The Labute approximate surface area is 83.8 Å². The minimum absolute atomic E-state index is 0.0350. The van der Waals surface area contributed by atoms with Crippen molar-refractivity contribution in [1.82, 2.24) is 0 Å². The molecule has 2 rings (SSSR count). The SMILES string of the molecule is Cc1cc(=O)oc2cc(O)c(O)c(O)c12. The van der Waals surface area contributed by atoms with Gasteiger partial charge in [-0.3, -0.25) is 0 Å². The van der Waals surface area contributed by atoms with Crippen molar-refractivity contribution in [3.05, 3.63) is 28.1 Å². The Bertz CT molecular complexity index is 597. The molecule has 5 heteroatoms. The van der Waals surface area contributed by atoms with Crippen LogP contribution in [-0.2, 0) is 0 Å². The van der Waals surface area contributed by atoms with E-state index in [1.165, 1.54) is 6.07 Å². The lowest BCUT2D eigenvalue weighted by atomic mass is 10.1. The van der Waals surface area contributed by atoms with E-state index in [-0.39, 0.29) is 11.0 Å². The largest absolute Gasteiger partial charge is 0.504 e. The van der Waals surface area contributed by atoms with Gasteiger partial charge in [0.1, 0.15) is 5.58 Å². The average molecular weight is 208 g/mol. The van der Waals surface area contributed by atoms with E-state index >= 15 is 0 Å². The van der Waals surface area contributed by atoms with Crippen molar-refractivity contribution in [2.45, 2.75) is 6.92 Å². The van der Waals surface area contributed by atoms with E-state index in [2.05, 4.69) is 0 Å². The van der Waals surface area contributed by atoms with E-state index in [1.54, 1.807) is 6.92 Å². The molecule has 0 aliphatic carbocycles. The normalized spacial score (nSPS) is 10.7. The Morgan fingerprint density at radius 1 is 1.13 bits per heavy atom. The first-order chi connectivity index (χ1) is 7.00. The van der Waals surface area contributed by atoms with E-state index < -0.39 is 22.9 Å². The zero-order valence-corrected chi connectivity index (χ0v) is 7.81. The maximum atomic E-state index is 11.0. The fourth-order valence-electron chi connectivity index (χ4n) is 1.47. The van der Waals surface area contributed by atoms with Crippen LogP contribution < -0.4 is 5.63 Å². The molecule has 0 aliphatic rings. The van der Waals surface area contributed by atoms with Crippen LogP contribution in [0.3, 0.4) is 0 Å². The van der Waals surface area contributed by atoms with Crippen LogP contribution in [0.4, 0.5) is 0 Å². The predicted octanol–water partition coefficient (Wildman–Crippen LogP) is 1.22. The van der Waals surface area contributed by atoms with Gasteiger partial charge < -0.3 is 19.7 Å². The molecule has 0 saturated carbocycles. The Morgan fingerprint density at radius 2 is 1.80 bits per heavy atom. The van der Waals surface area contributed by atoms with Crippen molar-refractivity contribution >= 4 is 11.0 Å². The molecule has 0 aliphatic heterocycles. The van der Waals surface area contributed by atoms with Crippen molar-refractivity contribution in [3.63, 3.8) is 0 Å². The van der Waals surface area contributed by atoms with Crippen LogP contribution in [0.15, 0.2) is 21.3 Å². The number of phenolic OH excluding ortho intramolecular Hbond substituents is 3. The molecule has 0 unspecified atom stereocenters. The highest BCUT2D eigenvalue weighted by Gasteiger charge is 2.15. The monoisotopic (exact) mass is 208 g/mol. The van der Waals surface area contributed by atoms with Gasteiger partial charge in [-0.2, -0.15) is 0 Å². The summed E-state index contributed by atoms with van der Waals surface area (Å²) >= 11 is 0. The molecule has 78 valence electrons. The van der Waals surface area contributed by atoms with E-state index in [9.17, 15) is 20.1 Å². The minimum Gasteiger partial charge on any atom is -0.504 e. The molecule has 15 heavy (non-hydrogen) atoms. The quantitative estimate of drug-likeness (QED) is 0.447. The van der Waals surface area contributed by atoms with E-state index in [4.69, 9.17) is 4.42 Å². The van der Waals surface area contributed by atoms with Crippen LogP contribution >= 0.6 is 0 Å². The third kappa shape index (κ3) is 1.28. The topological polar surface area (TPSA) is 90.9 Å². The lowest BCUT2D eigenvalue weighted by molar-refractivity contribution is 0.369. The first kappa shape index (κ1) is 9.39. The van der Waals surface area contributed by atoms with Gasteiger partial charge in [-0.15, -0.1) is 0 Å². The van der Waals surface area contributed by atoms with Crippen LogP contribution in [0, 0.1) is 6.92 Å². The van der Waals surface area contributed by atoms with Crippen LogP contribution in [0.25, 0.3) is 11.0 Å². The van der Waals surface area contributed by atoms with Gasteiger partial charge >= 0.3 is 5.63 Å². The summed E-state index contributed by atoms with van der Waals surface area (Å²) in [6.07, 6.45) is 0. The summed E-state index contributed by atoms with van der Waals surface area (Å²) in [5.41, 5.74) is -0.0775. The molecule has 1 aromatic carbocycles. The third-order valence-electron chi connectivity index (χ3n) is 2.16. The number of fused-ring (bicyclic) bond motifs is 1. The third-order valence-corrected chi connectivity index (χ3v) is 2.16. The number of phenols is 3. The Kier molecular flexibility index (Phi) is 1.82. The van der Waals surface area contributed by atoms with Crippen LogP contribution in [-0.4, -0.2) is 15.3 Å². The highest BCUT2D eigenvalue weighted by molar-refractivity contribution is 5.90. The summed E-state index contributed by atoms with van der Waals surface area (Å²) < 4.78 is 4.77. The molecule has 3 N–H and O–H groups in total. The summed E-state index contributed by atoms with van der Waals surface area (Å²) in [4.78, 5) is 11.0. The second kappa shape index (κ2) is 2.91. The minimum atomic E-state index is -0.626. The van der Waals surface area contributed by atoms with Gasteiger partial charge in [-0.1, -0.05) is 0 Å². The van der Waals surface area contributed by atoms with Gasteiger partial charge in [0, 0.05) is 12.1 Å². The van der Waals surface area contributed by atoms with E-state index in [0.717, 1.165) is 6.07 Å². The van der Waals surface area contributed by atoms with Gasteiger partial charge in [0.05, 0.1) is 5.39 Å². The number of aryl methyl sites for hydroxylation is 1. The van der Waals surface area contributed by atoms with E-state index in [1.807, 2.05) is 0 Å². The average Bonchev–Trinajstić information content (AvgIpc) is 2.13. The molecule has 5 nitrogen and oxygen atoms in total. The van der Waals surface area contributed by atoms with Gasteiger partial charge in [0.25, 0.3) is 0 Å². The molecule has 0 saturated heterocycles. The molecule has 0 radical (unpaired) electrons. The van der Waals surface area contributed by atoms with Crippen molar-refractivity contribution in [2.75, 3.05) is 0 Å². The number of benzene rings is 1. The summed E-state index contributed by atoms with van der Waals surface area (Å²) in [6.45, 7) is 1.59. The number of hydrogen-bond acceptors (Lipinski definition) is 5. The molecule has 0 spiro atoms. The molecule has 0 fully saturated rings. The molecule has 0 bridgehead atoms. The first-order valence-corrected chi connectivity index (χ1v) is 4.19. The predicted molar refractivity (Wildman–Crippen MR) is 52.2 cm³/mol. The lowest BCUT2D eigenvalue weighted by Crippen LogP contribution is -1.97. The zero-order valence-electron chi connectivity index (χ0n) is 7.81. The Morgan fingerprint density at radius 3 is 2.47 bits per heavy atom. The summed E-state index contributed by atoms with van der Waals surface area (Å²) in [5, 5.41) is 28.2. The summed E-state index contributed by atoms with van der Waals surface area (Å²) in [7, 11) is 0. The number of hydrogen-bond donors (Lipinski definition) is 3. The van der Waals surface area contributed by atoms with Crippen LogP contribution in [0.5, 0.6) is 17.2 Å². The van der Waals surface area contributed by atoms with Crippen LogP contribution in [0.2, 0.25) is 0 Å². The van der Waals surface area contributed by atoms with Gasteiger partial charge in [0.15, 0.2) is 11.5 Å². The summed E-state index contributed by atoms with van der Waals surface area (Å²) in [6, 6.07) is 2.28. The van der Waals surface area contributed by atoms with Gasteiger partial charge in [-0.25, -0.2) is 4.79 Å². The highest BCUT2D eigenvalue weighted by atomic mass is 16.4. The van der Waals surface area contributed by atoms with Crippen molar-refractivity contribution in [3.8, 4) is 17.2 Å². The maximum absolute atomic E-state index is 11.0. The van der Waals surface area contributed by atoms with Gasteiger partial charge in [0.2, 0.25) is 5.75 Å². The zero-order chi connectivity index (χ0) is 11.2. The molecule has 0 amide bonds. The maximum Gasteiger partial charge on any atom is 0.336 e. The second-order valence-electron chi connectivity index (χ2n) is 3.21. The second-order valence-corrected chi connectivity index (χ2v) is 3.21. The van der Waals surface area contributed by atoms with Crippen LogP contribution in [0.1, 0.15) is 5.56 Å². The van der Waals surface area contributed by atoms with Crippen molar-refractivity contribution < 1.29 is 19.7 Å². The fraction of sp³-hybridized carbons (Fsp3) is 0.100. The first-order valence-electron chi connectivity index (χ1n) is 4.19. The molecular formula is C10H8O5. The highest BCUT2D eigenvalue weighted by Crippen LogP contribution is 2.41. The van der Waals surface area contributed by atoms with Crippen molar-refractivity contribution in [2.24, 2.45) is 0 Å². The smallest absolute Gasteiger partial charge is 0.336 e. The standard InChI is InChI=1S/C10H8O5/c1-4-2-7(12)15-6-3-5(11)9(13)10(14)8(4)6/h2-3,11,13-14H,1H3. The fourth-order valence-corrected chi connectivity index (χ4v) is 1.47. The molecule has 2 aromatic rings. The Hall–Kier alpha value is -2.17. The number of rotatable bonds is 0. The van der Waals surface area contributed by atoms with E-state index in [0.29, 0.717) is 5.56 Å². The Balaban J connectivity index is 3.05.